The van der Waals surface area contributed by atoms with E-state index in [9.17, 15) is 4.79 Å². The van der Waals surface area contributed by atoms with E-state index >= 15 is 0 Å². The molecule has 0 saturated heterocycles. The van der Waals surface area contributed by atoms with Gasteiger partial charge in [0.05, 0.1) is 0 Å². The summed E-state index contributed by atoms with van der Waals surface area (Å²) in [5, 5.41) is 6.37. The molecule has 4 heteroatoms. The van der Waals surface area contributed by atoms with E-state index in [0.29, 0.717) is 12.5 Å². The molecule has 2 rings (SSSR count). The molecule has 0 atom stereocenters. The number of amides is 1. The van der Waals surface area contributed by atoms with Gasteiger partial charge >= 0.3 is 0 Å². The highest BCUT2D eigenvalue weighted by atomic mass is 32.1. The van der Waals surface area contributed by atoms with Gasteiger partial charge in [0.1, 0.15) is 0 Å². The van der Waals surface area contributed by atoms with Crippen LogP contribution in [-0.4, -0.2) is 18.5 Å². The second-order valence-electron chi connectivity index (χ2n) is 4.63. The van der Waals surface area contributed by atoms with Crippen LogP contribution in [0.4, 0.5) is 0 Å². The second-order valence-corrected chi connectivity index (χ2v) is 6.01. The minimum Gasteiger partial charge on any atom is -0.353 e. The zero-order chi connectivity index (χ0) is 12.1. The van der Waals surface area contributed by atoms with Crippen molar-refractivity contribution in [2.75, 3.05) is 6.54 Å². The summed E-state index contributed by atoms with van der Waals surface area (Å²) in [5.74, 6) is 0.210. The van der Waals surface area contributed by atoms with Gasteiger partial charge in [-0.25, -0.2) is 0 Å². The summed E-state index contributed by atoms with van der Waals surface area (Å²) < 4.78 is 0. The Morgan fingerprint density at radius 2 is 2.29 bits per heavy atom. The summed E-state index contributed by atoms with van der Waals surface area (Å²) in [4.78, 5) is 14.1. The van der Waals surface area contributed by atoms with Crippen molar-refractivity contribution in [3.05, 3.63) is 21.9 Å². The summed E-state index contributed by atoms with van der Waals surface area (Å²) in [7, 11) is 0. The van der Waals surface area contributed by atoms with Gasteiger partial charge in [0.2, 0.25) is 5.91 Å². The first-order valence-electron chi connectivity index (χ1n) is 6.29. The highest BCUT2D eigenvalue weighted by Crippen LogP contribution is 2.18. The molecule has 0 spiro atoms. The molecule has 1 saturated carbocycles. The highest BCUT2D eigenvalue weighted by Gasteiger charge is 2.22. The summed E-state index contributed by atoms with van der Waals surface area (Å²) in [6.45, 7) is 3.95. The highest BCUT2D eigenvalue weighted by molar-refractivity contribution is 7.11. The second kappa shape index (κ2) is 6.17. The fourth-order valence-corrected chi connectivity index (χ4v) is 2.55. The lowest BCUT2D eigenvalue weighted by atomic mass is 10.3. The Balaban J connectivity index is 1.49. The molecule has 0 unspecified atom stereocenters. The Kier molecular flexibility index (Phi) is 4.57. The Bertz CT molecular complexity index is 371. The van der Waals surface area contributed by atoms with E-state index in [-0.39, 0.29) is 5.91 Å². The lowest BCUT2D eigenvalue weighted by molar-refractivity contribution is -0.121. The van der Waals surface area contributed by atoms with E-state index in [1.807, 2.05) is 11.3 Å². The van der Waals surface area contributed by atoms with Gasteiger partial charge in [-0.2, -0.15) is 0 Å². The minimum atomic E-state index is 0.210. The number of carbonyl (C=O) groups excluding carboxylic acids is 1. The predicted molar refractivity (Wildman–Crippen MR) is 71.2 cm³/mol. The van der Waals surface area contributed by atoms with Crippen LogP contribution in [0.5, 0.6) is 0 Å². The number of hydrogen-bond acceptors (Lipinski definition) is 3. The van der Waals surface area contributed by atoms with Crippen LogP contribution in [0.3, 0.4) is 0 Å². The molecule has 17 heavy (non-hydrogen) atoms. The molecule has 0 radical (unpaired) electrons. The van der Waals surface area contributed by atoms with Crippen molar-refractivity contribution < 1.29 is 4.79 Å². The Labute approximate surface area is 107 Å². The van der Waals surface area contributed by atoms with Crippen LogP contribution in [0.15, 0.2) is 12.1 Å². The van der Waals surface area contributed by atoms with Crippen molar-refractivity contribution in [1.82, 2.24) is 10.6 Å². The van der Waals surface area contributed by atoms with Crippen LogP contribution >= 0.6 is 11.3 Å². The molecular weight excluding hydrogens is 232 g/mol. The fourth-order valence-electron chi connectivity index (χ4n) is 1.69. The van der Waals surface area contributed by atoms with Crippen LogP contribution in [0.25, 0.3) is 0 Å². The number of aryl methyl sites for hydroxylation is 1. The van der Waals surface area contributed by atoms with Crippen molar-refractivity contribution in [1.29, 1.82) is 0 Å². The van der Waals surface area contributed by atoms with E-state index in [2.05, 4.69) is 29.7 Å². The van der Waals surface area contributed by atoms with E-state index in [1.165, 1.54) is 22.6 Å². The number of carbonyl (C=O) groups is 1. The van der Waals surface area contributed by atoms with Gasteiger partial charge in [-0.1, -0.05) is 0 Å². The van der Waals surface area contributed by atoms with Gasteiger partial charge in [-0.15, -0.1) is 11.3 Å². The summed E-state index contributed by atoms with van der Waals surface area (Å²) in [5.41, 5.74) is 0. The van der Waals surface area contributed by atoms with E-state index in [1.54, 1.807) is 0 Å². The molecule has 0 aliphatic heterocycles. The molecule has 0 aromatic carbocycles. The normalized spacial score (nSPS) is 14.9. The molecule has 1 aromatic rings. The number of nitrogens with one attached hydrogen (secondary N) is 2. The monoisotopic (exact) mass is 252 g/mol. The van der Waals surface area contributed by atoms with Crippen LogP contribution in [-0.2, 0) is 11.3 Å². The molecule has 3 nitrogen and oxygen atoms in total. The van der Waals surface area contributed by atoms with Gasteiger partial charge < -0.3 is 10.6 Å². The number of hydrogen-bond donors (Lipinski definition) is 2. The molecule has 1 amide bonds. The predicted octanol–water partition coefficient (Wildman–Crippen LogP) is 2.20. The summed E-state index contributed by atoms with van der Waals surface area (Å²) in [6, 6.07) is 4.79. The largest absolute Gasteiger partial charge is 0.353 e. The number of rotatable bonds is 7. The molecule has 1 fully saturated rings. The first-order valence-corrected chi connectivity index (χ1v) is 7.11. The third-order valence-corrected chi connectivity index (χ3v) is 3.80. The third kappa shape index (κ3) is 4.88. The topological polar surface area (TPSA) is 41.1 Å². The van der Waals surface area contributed by atoms with Crippen molar-refractivity contribution in [2.24, 2.45) is 0 Å². The Morgan fingerprint density at radius 3 is 2.94 bits per heavy atom. The van der Waals surface area contributed by atoms with E-state index < -0.39 is 0 Å². The number of thiophene rings is 1. The van der Waals surface area contributed by atoms with Gasteiger partial charge in [0.15, 0.2) is 0 Å². The zero-order valence-electron chi connectivity index (χ0n) is 10.3. The molecule has 0 bridgehead atoms. The van der Waals surface area contributed by atoms with Gasteiger partial charge in [0.25, 0.3) is 0 Å². The third-order valence-electron chi connectivity index (χ3n) is 2.80. The quantitative estimate of drug-likeness (QED) is 0.731. The SMILES string of the molecule is Cc1ccc(CNCCCC(=O)NC2CC2)s1. The van der Waals surface area contributed by atoms with Crippen LogP contribution in [0.2, 0.25) is 0 Å². The summed E-state index contributed by atoms with van der Waals surface area (Å²) in [6.07, 6.45) is 3.90. The zero-order valence-corrected chi connectivity index (χ0v) is 11.1. The van der Waals surface area contributed by atoms with Crippen molar-refractivity contribution in [2.45, 2.75) is 45.2 Å². The van der Waals surface area contributed by atoms with E-state index in [4.69, 9.17) is 0 Å². The van der Waals surface area contributed by atoms with Crippen molar-refractivity contribution >= 4 is 17.2 Å². The van der Waals surface area contributed by atoms with Crippen LogP contribution in [0, 0.1) is 6.92 Å². The van der Waals surface area contributed by atoms with Crippen molar-refractivity contribution in [3.63, 3.8) is 0 Å². The fraction of sp³-hybridized carbons (Fsp3) is 0.615. The average molecular weight is 252 g/mol. The summed E-state index contributed by atoms with van der Waals surface area (Å²) >= 11 is 1.83. The Hall–Kier alpha value is -0.870. The minimum absolute atomic E-state index is 0.210. The average Bonchev–Trinajstić information content (AvgIpc) is 3.00. The smallest absolute Gasteiger partial charge is 0.220 e. The lowest BCUT2D eigenvalue weighted by Crippen LogP contribution is -2.26. The molecule has 1 aliphatic rings. The first kappa shape index (κ1) is 12.6. The maximum atomic E-state index is 11.4. The molecule has 1 aliphatic carbocycles. The lowest BCUT2D eigenvalue weighted by Gasteiger charge is -2.04. The van der Waals surface area contributed by atoms with Gasteiger partial charge in [-0.05, 0) is 44.9 Å². The molecule has 2 N–H and O–H groups in total. The molecule has 94 valence electrons. The van der Waals surface area contributed by atoms with Gasteiger partial charge in [0, 0.05) is 28.8 Å². The first-order chi connectivity index (χ1) is 8.24. The van der Waals surface area contributed by atoms with Crippen molar-refractivity contribution in [3.8, 4) is 0 Å². The standard InChI is InChI=1S/C13H20N2OS/c1-10-4-7-12(17-10)9-14-8-2-3-13(16)15-11-5-6-11/h4,7,11,14H,2-3,5-6,8-9H2,1H3,(H,15,16). The molecule has 1 aromatic heterocycles. The van der Waals surface area contributed by atoms with Crippen LogP contribution < -0.4 is 10.6 Å². The molecule has 1 heterocycles. The maximum absolute atomic E-state index is 11.4. The van der Waals surface area contributed by atoms with Crippen LogP contribution in [0.1, 0.15) is 35.4 Å². The molecular formula is C13H20N2OS. The maximum Gasteiger partial charge on any atom is 0.220 e. The van der Waals surface area contributed by atoms with Gasteiger partial charge in [-0.3, -0.25) is 4.79 Å². The Morgan fingerprint density at radius 1 is 1.47 bits per heavy atom. The van der Waals surface area contributed by atoms with E-state index in [0.717, 1.165) is 19.5 Å².